The van der Waals surface area contributed by atoms with Crippen molar-refractivity contribution in [3.05, 3.63) is 72.3 Å². The van der Waals surface area contributed by atoms with E-state index in [1.165, 1.54) is 17.8 Å². The van der Waals surface area contributed by atoms with Crippen LogP contribution in [0.5, 0.6) is 11.5 Å². The number of aryl methyl sites for hydroxylation is 1. The number of halogens is 1. The van der Waals surface area contributed by atoms with Gasteiger partial charge >= 0.3 is 0 Å². The highest BCUT2D eigenvalue weighted by Gasteiger charge is 2.21. The van der Waals surface area contributed by atoms with E-state index in [0.717, 1.165) is 5.56 Å². The van der Waals surface area contributed by atoms with Gasteiger partial charge in [-0.3, -0.25) is 9.36 Å². The minimum atomic E-state index is -0.465. The van der Waals surface area contributed by atoms with Gasteiger partial charge in [0.2, 0.25) is 5.91 Å². The lowest BCUT2D eigenvalue weighted by molar-refractivity contribution is -0.115. The van der Waals surface area contributed by atoms with Gasteiger partial charge in [-0.1, -0.05) is 36.0 Å². The molecule has 2 aromatic carbocycles. The summed E-state index contributed by atoms with van der Waals surface area (Å²) < 4.78 is 26.5. The Bertz CT molecular complexity index is 1100. The number of nitrogens with one attached hydrogen (secondary N) is 1. The third-order valence-electron chi connectivity index (χ3n) is 4.56. The first kappa shape index (κ1) is 23.3. The maximum absolute atomic E-state index is 13.8. The normalized spacial score (nSPS) is 11.6. The zero-order valence-corrected chi connectivity index (χ0v) is 19.0. The molecule has 32 heavy (non-hydrogen) atoms. The lowest BCUT2D eigenvalue weighted by atomic mass is 10.2. The molecule has 1 aromatic heterocycles. The lowest BCUT2D eigenvalue weighted by Crippen LogP contribution is -2.23. The predicted octanol–water partition coefficient (Wildman–Crippen LogP) is 4.62. The molecule has 9 heteroatoms. The maximum Gasteiger partial charge on any atom is 0.237 e. The van der Waals surface area contributed by atoms with E-state index in [9.17, 15) is 9.18 Å². The number of benzene rings is 2. The SMILES string of the molecule is C=CCn1c(COc2ccccc2F)nnc1SC(C)C(=O)Nc1cc(C)ccc1OC. The molecule has 0 fully saturated rings. The van der Waals surface area contributed by atoms with Crippen molar-refractivity contribution in [1.82, 2.24) is 14.8 Å². The van der Waals surface area contributed by atoms with Gasteiger partial charge in [-0.05, 0) is 43.7 Å². The highest BCUT2D eigenvalue weighted by molar-refractivity contribution is 8.00. The van der Waals surface area contributed by atoms with Crippen LogP contribution < -0.4 is 14.8 Å². The molecular formula is C23H25FN4O3S. The second-order valence-electron chi connectivity index (χ2n) is 6.97. The Morgan fingerprint density at radius 3 is 2.78 bits per heavy atom. The molecule has 0 saturated heterocycles. The highest BCUT2D eigenvalue weighted by atomic mass is 32.2. The number of aromatic nitrogens is 3. The van der Waals surface area contributed by atoms with Crippen LogP contribution in [0.25, 0.3) is 0 Å². The summed E-state index contributed by atoms with van der Waals surface area (Å²) in [4.78, 5) is 12.8. The fraction of sp³-hybridized carbons (Fsp3) is 0.261. The van der Waals surface area contributed by atoms with E-state index in [0.29, 0.717) is 29.0 Å². The molecule has 0 bridgehead atoms. The molecule has 1 N–H and O–H groups in total. The summed E-state index contributed by atoms with van der Waals surface area (Å²) in [6, 6.07) is 11.7. The third kappa shape index (κ3) is 5.67. The lowest BCUT2D eigenvalue weighted by Gasteiger charge is -2.15. The number of allylic oxidation sites excluding steroid dienone is 1. The van der Waals surface area contributed by atoms with E-state index < -0.39 is 11.1 Å². The Kier molecular flexibility index (Phi) is 7.88. The van der Waals surface area contributed by atoms with Crippen molar-refractivity contribution in [2.75, 3.05) is 12.4 Å². The number of ether oxygens (including phenoxy) is 2. The molecule has 0 saturated carbocycles. The topological polar surface area (TPSA) is 78.3 Å². The van der Waals surface area contributed by atoms with Gasteiger partial charge in [-0.2, -0.15) is 0 Å². The van der Waals surface area contributed by atoms with Crippen LogP contribution in [-0.4, -0.2) is 33.0 Å². The Labute approximate surface area is 190 Å². The number of amides is 1. The summed E-state index contributed by atoms with van der Waals surface area (Å²) in [5.74, 6) is 0.576. The van der Waals surface area contributed by atoms with Crippen LogP contribution in [0, 0.1) is 12.7 Å². The van der Waals surface area contributed by atoms with Crippen molar-refractivity contribution in [3.63, 3.8) is 0 Å². The van der Waals surface area contributed by atoms with Gasteiger partial charge in [-0.15, -0.1) is 16.8 Å². The number of anilines is 1. The molecule has 1 unspecified atom stereocenters. The molecule has 168 valence electrons. The quantitative estimate of drug-likeness (QED) is 0.354. The van der Waals surface area contributed by atoms with Crippen LogP contribution in [0.1, 0.15) is 18.3 Å². The first-order valence-corrected chi connectivity index (χ1v) is 10.8. The number of thioether (sulfide) groups is 1. The molecular weight excluding hydrogens is 431 g/mol. The summed E-state index contributed by atoms with van der Waals surface area (Å²) >= 11 is 1.26. The Balaban J connectivity index is 1.71. The van der Waals surface area contributed by atoms with Gasteiger partial charge in [0.05, 0.1) is 18.0 Å². The predicted molar refractivity (Wildman–Crippen MR) is 123 cm³/mol. The van der Waals surface area contributed by atoms with Gasteiger partial charge < -0.3 is 14.8 Å². The zero-order valence-electron chi connectivity index (χ0n) is 18.2. The van der Waals surface area contributed by atoms with Crippen LogP contribution in [-0.2, 0) is 17.9 Å². The van der Waals surface area contributed by atoms with Crippen molar-refractivity contribution in [3.8, 4) is 11.5 Å². The third-order valence-corrected chi connectivity index (χ3v) is 5.64. The first-order chi connectivity index (χ1) is 15.4. The molecule has 3 aromatic rings. The standard InChI is InChI=1S/C23H25FN4O3S/c1-5-12-28-21(14-31-19-9-7-6-8-17(19)24)26-27-23(28)32-16(3)22(29)25-18-13-15(2)10-11-20(18)30-4/h5-11,13,16H,1,12,14H2,2-4H3,(H,25,29). The second kappa shape index (κ2) is 10.8. The number of hydrogen-bond donors (Lipinski definition) is 1. The maximum atomic E-state index is 13.8. The first-order valence-electron chi connectivity index (χ1n) is 9.95. The van der Waals surface area contributed by atoms with E-state index in [-0.39, 0.29) is 18.3 Å². The van der Waals surface area contributed by atoms with Crippen molar-refractivity contribution in [1.29, 1.82) is 0 Å². The second-order valence-corrected chi connectivity index (χ2v) is 8.28. The van der Waals surface area contributed by atoms with E-state index in [4.69, 9.17) is 9.47 Å². The molecule has 7 nitrogen and oxygen atoms in total. The number of para-hydroxylation sites is 1. The molecule has 1 heterocycles. The number of carbonyl (C=O) groups is 1. The monoisotopic (exact) mass is 456 g/mol. The van der Waals surface area contributed by atoms with E-state index in [1.54, 1.807) is 42.9 Å². The summed E-state index contributed by atoms with van der Waals surface area (Å²) in [6.07, 6.45) is 1.70. The van der Waals surface area contributed by atoms with Crippen molar-refractivity contribution >= 4 is 23.4 Å². The van der Waals surface area contributed by atoms with Crippen molar-refractivity contribution in [2.45, 2.75) is 37.4 Å². The van der Waals surface area contributed by atoms with Gasteiger partial charge in [0.15, 0.2) is 22.5 Å². The number of hydrogen-bond acceptors (Lipinski definition) is 6. The van der Waals surface area contributed by atoms with E-state index in [2.05, 4.69) is 22.1 Å². The van der Waals surface area contributed by atoms with E-state index >= 15 is 0 Å². The molecule has 0 aliphatic heterocycles. The Morgan fingerprint density at radius 2 is 2.06 bits per heavy atom. The number of methoxy groups -OCH3 is 1. The smallest absolute Gasteiger partial charge is 0.237 e. The van der Waals surface area contributed by atoms with Crippen LogP contribution >= 0.6 is 11.8 Å². The Morgan fingerprint density at radius 1 is 1.28 bits per heavy atom. The summed E-state index contributed by atoms with van der Waals surface area (Å²) in [7, 11) is 1.56. The number of rotatable bonds is 10. The Hall–Kier alpha value is -3.33. The summed E-state index contributed by atoms with van der Waals surface area (Å²) in [6.45, 7) is 7.94. The van der Waals surface area contributed by atoms with Crippen LogP contribution in [0.2, 0.25) is 0 Å². The van der Waals surface area contributed by atoms with Gasteiger partial charge in [0.25, 0.3) is 0 Å². The molecule has 0 spiro atoms. The number of carbonyl (C=O) groups excluding carboxylic acids is 1. The van der Waals surface area contributed by atoms with Crippen molar-refractivity contribution < 1.29 is 18.7 Å². The molecule has 3 rings (SSSR count). The average Bonchev–Trinajstić information content (AvgIpc) is 3.14. The molecule has 1 amide bonds. The van der Waals surface area contributed by atoms with Gasteiger partial charge in [0.1, 0.15) is 12.4 Å². The van der Waals surface area contributed by atoms with E-state index in [1.807, 2.05) is 25.1 Å². The van der Waals surface area contributed by atoms with Gasteiger partial charge in [0, 0.05) is 6.54 Å². The van der Waals surface area contributed by atoms with Crippen LogP contribution in [0.3, 0.4) is 0 Å². The van der Waals surface area contributed by atoms with Crippen LogP contribution in [0.4, 0.5) is 10.1 Å². The molecule has 1 atom stereocenters. The fourth-order valence-corrected chi connectivity index (χ4v) is 3.77. The zero-order chi connectivity index (χ0) is 23.1. The minimum Gasteiger partial charge on any atom is -0.495 e. The molecule has 0 aliphatic rings. The number of nitrogens with zero attached hydrogens (tertiary/aromatic N) is 3. The van der Waals surface area contributed by atoms with Gasteiger partial charge in [-0.25, -0.2) is 4.39 Å². The largest absolute Gasteiger partial charge is 0.495 e. The van der Waals surface area contributed by atoms with Crippen molar-refractivity contribution in [2.24, 2.45) is 0 Å². The molecule has 0 radical (unpaired) electrons. The minimum absolute atomic E-state index is 0.0312. The fourth-order valence-electron chi connectivity index (χ4n) is 2.89. The summed E-state index contributed by atoms with van der Waals surface area (Å²) in [5.41, 5.74) is 1.61. The highest BCUT2D eigenvalue weighted by Crippen LogP contribution is 2.28. The summed E-state index contributed by atoms with van der Waals surface area (Å²) in [5, 5.41) is 11.3. The molecule has 0 aliphatic carbocycles. The average molecular weight is 457 g/mol. The van der Waals surface area contributed by atoms with Crippen LogP contribution in [0.15, 0.2) is 60.3 Å².